The van der Waals surface area contributed by atoms with Gasteiger partial charge in [-0.1, -0.05) is 6.92 Å². The van der Waals surface area contributed by atoms with Crippen LogP contribution in [-0.2, 0) is 16.1 Å². The molecule has 3 heterocycles. The molecular formula is C31H35FN4O8. The molecule has 1 unspecified atom stereocenters. The minimum Gasteiger partial charge on any atom is -0.492 e. The van der Waals surface area contributed by atoms with Crippen molar-refractivity contribution in [3.8, 4) is 11.5 Å². The molecule has 0 aliphatic carbocycles. The lowest BCUT2D eigenvalue weighted by atomic mass is 10.1. The summed E-state index contributed by atoms with van der Waals surface area (Å²) in [4.78, 5) is 51.5. The molecule has 0 saturated carbocycles. The molecule has 1 aromatic heterocycles. The van der Waals surface area contributed by atoms with Crippen molar-refractivity contribution in [1.82, 2.24) is 9.88 Å². The van der Waals surface area contributed by atoms with Crippen molar-refractivity contribution in [3.05, 3.63) is 58.1 Å². The van der Waals surface area contributed by atoms with Crippen LogP contribution in [0, 0.1) is 11.7 Å². The highest BCUT2D eigenvalue weighted by Crippen LogP contribution is 2.38. The molecule has 44 heavy (non-hydrogen) atoms. The molecule has 0 bridgehead atoms. The summed E-state index contributed by atoms with van der Waals surface area (Å²) in [7, 11) is 1.53. The molecule has 234 valence electrons. The van der Waals surface area contributed by atoms with Gasteiger partial charge < -0.3 is 34.1 Å². The second kappa shape index (κ2) is 12.8. The van der Waals surface area contributed by atoms with Crippen molar-refractivity contribution >= 4 is 40.2 Å². The summed E-state index contributed by atoms with van der Waals surface area (Å²) in [5, 5.41) is 12.4. The van der Waals surface area contributed by atoms with E-state index in [4.69, 9.17) is 14.2 Å². The van der Waals surface area contributed by atoms with E-state index in [-0.39, 0.29) is 48.2 Å². The maximum atomic E-state index is 15.0. The lowest BCUT2D eigenvalue weighted by Gasteiger charge is -2.24. The minimum absolute atomic E-state index is 0.0654. The number of pyridine rings is 1. The average Bonchev–Trinajstić information content (AvgIpc) is 3.62. The Morgan fingerprint density at radius 3 is 2.66 bits per heavy atom. The Morgan fingerprint density at radius 2 is 1.98 bits per heavy atom. The van der Waals surface area contributed by atoms with Gasteiger partial charge in [-0.2, -0.15) is 0 Å². The molecular weight excluding hydrogens is 575 g/mol. The fraction of sp³-hybridized carbons (Fsp3) is 0.419. The second-order valence-corrected chi connectivity index (χ2v) is 11.0. The van der Waals surface area contributed by atoms with Crippen LogP contribution in [0.2, 0.25) is 0 Å². The maximum Gasteiger partial charge on any atom is 0.414 e. The van der Waals surface area contributed by atoms with Crippen LogP contribution >= 0.6 is 0 Å². The van der Waals surface area contributed by atoms with E-state index in [9.17, 15) is 24.3 Å². The Labute approximate surface area is 252 Å². The number of hydrogen-bond donors (Lipinski definition) is 2. The number of anilines is 2. The van der Waals surface area contributed by atoms with Crippen LogP contribution in [0.25, 0.3) is 10.9 Å². The zero-order valence-electron chi connectivity index (χ0n) is 24.8. The molecule has 3 aromatic rings. The van der Waals surface area contributed by atoms with Gasteiger partial charge in [-0.15, -0.1) is 0 Å². The van der Waals surface area contributed by atoms with Crippen molar-refractivity contribution in [2.45, 2.75) is 39.3 Å². The van der Waals surface area contributed by atoms with Crippen LogP contribution in [-0.4, -0.2) is 73.6 Å². The van der Waals surface area contributed by atoms with E-state index in [2.05, 4.69) is 10.2 Å². The Bertz CT molecular complexity index is 1660. The Kier molecular flexibility index (Phi) is 8.93. The molecule has 5 rings (SSSR count). The number of ether oxygens (including phenoxy) is 3. The highest BCUT2D eigenvalue weighted by Gasteiger charge is 2.33. The van der Waals surface area contributed by atoms with Crippen molar-refractivity contribution in [3.63, 3.8) is 0 Å². The summed E-state index contributed by atoms with van der Waals surface area (Å²) >= 11 is 0. The van der Waals surface area contributed by atoms with E-state index in [1.165, 1.54) is 37.3 Å². The first-order valence-corrected chi connectivity index (χ1v) is 14.5. The topological polar surface area (TPSA) is 140 Å². The monoisotopic (exact) mass is 610 g/mol. The summed E-state index contributed by atoms with van der Waals surface area (Å²) in [5.41, 5.74) is 0.812. The molecule has 2 atom stereocenters. The molecule has 2 aromatic carbocycles. The summed E-state index contributed by atoms with van der Waals surface area (Å²) in [6, 6.07) is 7.72. The third kappa shape index (κ3) is 6.12. The molecule has 2 aliphatic heterocycles. The number of nitrogens with one attached hydrogen (secondary N) is 1. The van der Waals surface area contributed by atoms with E-state index in [1.807, 2.05) is 6.92 Å². The molecule has 2 aliphatic rings. The third-order valence-corrected chi connectivity index (χ3v) is 7.85. The van der Waals surface area contributed by atoms with Crippen LogP contribution in [0.3, 0.4) is 0 Å². The molecule has 2 amide bonds. The van der Waals surface area contributed by atoms with Crippen molar-refractivity contribution in [1.29, 1.82) is 0 Å². The van der Waals surface area contributed by atoms with Gasteiger partial charge in [0.05, 0.1) is 49.1 Å². The number of carbonyl (C=O) groups is 3. The zero-order chi connectivity index (χ0) is 31.5. The number of methoxy groups -OCH3 is 1. The SMILES string of the molecule is CCCn1cc(C(=O)O)c(=O)c2ccc(N3CCC(COc4ccc(N5C[C@H](CNC(C)=O)OC5=O)cc4F)C3)c(OC)c21. The van der Waals surface area contributed by atoms with E-state index in [1.54, 1.807) is 22.8 Å². The Balaban J connectivity index is 1.27. The predicted octanol–water partition coefficient (Wildman–Crippen LogP) is 3.62. The molecule has 0 spiro atoms. The van der Waals surface area contributed by atoms with Gasteiger partial charge >= 0.3 is 12.1 Å². The number of aromatic carboxylic acids is 1. The van der Waals surface area contributed by atoms with E-state index in [0.717, 1.165) is 18.5 Å². The van der Waals surface area contributed by atoms with Gasteiger partial charge in [-0.3, -0.25) is 14.5 Å². The van der Waals surface area contributed by atoms with Gasteiger partial charge in [0, 0.05) is 44.7 Å². The van der Waals surface area contributed by atoms with Crippen LogP contribution in [0.1, 0.15) is 37.0 Å². The van der Waals surface area contributed by atoms with Gasteiger partial charge in [-0.05, 0) is 37.1 Å². The third-order valence-electron chi connectivity index (χ3n) is 7.85. The number of aryl methyl sites for hydroxylation is 1. The Hall–Kier alpha value is -4.81. The van der Waals surface area contributed by atoms with Crippen molar-refractivity contribution in [2.24, 2.45) is 5.92 Å². The Morgan fingerprint density at radius 1 is 1.18 bits per heavy atom. The number of carboxylic acids is 1. The smallest absolute Gasteiger partial charge is 0.414 e. The number of hydrogen-bond acceptors (Lipinski definition) is 8. The fourth-order valence-corrected chi connectivity index (χ4v) is 5.74. The van der Waals surface area contributed by atoms with Gasteiger partial charge in [0.15, 0.2) is 17.3 Å². The summed E-state index contributed by atoms with van der Waals surface area (Å²) < 4.78 is 33.7. The number of rotatable bonds is 11. The largest absolute Gasteiger partial charge is 0.492 e. The van der Waals surface area contributed by atoms with E-state index >= 15 is 4.39 Å². The maximum absolute atomic E-state index is 15.0. The normalized spacial score (nSPS) is 18.0. The first-order chi connectivity index (χ1) is 21.1. The van der Waals surface area contributed by atoms with Crippen LogP contribution in [0.4, 0.5) is 20.6 Å². The highest BCUT2D eigenvalue weighted by molar-refractivity contribution is 5.97. The second-order valence-electron chi connectivity index (χ2n) is 11.0. The number of amides is 2. The van der Waals surface area contributed by atoms with Crippen molar-refractivity contribution < 1.29 is 38.1 Å². The summed E-state index contributed by atoms with van der Waals surface area (Å²) in [6.07, 6.45) is 1.73. The summed E-state index contributed by atoms with van der Waals surface area (Å²) in [6.45, 7) is 5.75. The molecule has 0 radical (unpaired) electrons. The molecule has 2 N–H and O–H groups in total. The highest BCUT2D eigenvalue weighted by atomic mass is 19.1. The zero-order valence-corrected chi connectivity index (χ0v) is 24.8. The quantitative estimate of drug-likeness (QED) is 0.333. The number of aromatic nitrogens is 1. The fourth-order valence-electron chi connectivity index (χ4n) is 5.74. The number of benzene rings is 2. The van der Waals surface area contributed by atoms with Gasteiger partial charge in [0.2, 0.25) is 11.3 Å². The lowest BCUT2D eigenvalue weighted by Crippen LogP contribution is -2.33. The van der Waals surface area contributed by atoms with Crippen LogP contribution < -0.4 is 30.0 Å². The number of halogens is 1. The standard InChI is InChI=1S/C31H35FN4O8/c1-4-10-35-16-23(30(39)40)28(38)22-6-7-25(29(42-3)27(22)35)34-11-9-19(14-34)17-43-26-8-5-20(12-24(26)32)36-15-21(44-31(36)41)13-33-18(2)37/h5-8,12,16,19,21H,4,9-11,13-15,17H2,1-3H3,(H,33,37)(H,39,40)/t19?,21-/m0/s1. The van der Waals surface area contributed by atoms with Gasteiger partial charge in [-0.25, -0.2) is 14.0 Å². The number of carboxylic acid groups (broad SMARTS) is 1. The molecule has 2 fully saturated rings. The number of nitrogens with zero attached hydrogens (tertiary/aromatic N) is 3. The van der Waals surface area contributed by atoms with Gasteiger partial charge in [0.1, 0.15) is 11.7 Å². The van der Waals surface area contributed by atoms with Crippen molar-refractivity contribution in [2.75, 3.05) is 49.7 Å². The van der Waals surface area contributed by atoms with Gasteiger partial charge in [0.25, 0.3) is 0 Å². The number of carbonyl (C=O) groups excluding carboxylic acids is 2. The molecule has 12 nitrogen and oxygen atoms in total. The lowest BCUT2D eigenvalue weighted by molar-refractivity contribution is -0.119. The average molecular weight is 611 g/mol. The first kappa shape index (κ1) is 30.6. The van der Waals surface area contributed by atoms with Crippen LogP contribution in [0.5, 0.6) is 11.5 Å². The minimum atomic E-state index is -1.27. The number of fused-ring (bicyclic) bond motifs is 1. The predicted molar refractivity (Wildman–Crippen MR) is 161 cm³/mol. The molecule has 13 heteroatoms. The summed E-state index contributed by atoms with van der Waals surface area (Å²) in [5.74, 6) is -1.48. The first-order valence-electron chi connectivity index (χ1n) is 14.5. The van der Waals surface area contributed by atoms with Crippen LogP contribution in [0.15, 0.2) is 41.3 Å². The van der Waals surface area contributed by atoms with E-state index in [0.29, 0.717) is 36.6 Å². The van der Waals surface area contributed by atoms with E-state index < -0.39 is 29.4 Å². The number of cyclic esters (lactones) is 1. The molecule has 2 saturated heterocycles.